The molecule has 0 radical (unpaired) electrons. The van der Waals surface area contributed by atoms with Crippen molar-refractivity contribution in [3.63, 3.8) is 0 Å². The van der Waals surface area contributed by atoms with Crippen molar-refractivity contribution in [2.45, 2.75) is 13.3 Å². The van der Waals surface area contributed by atoms with Crippen LogP contribution in [0.25, 0.3) is 11.6 Å². The lowest BCUT2D eigenvalue weighted by atomic mass is 9.93. The number of hydrogen-bond donors (Lipinski definition) is 1. The largest absolute Gasteiger partial charge is 0.506 e. The Hall–Kier alpha value is -3.05. The number of aryl methyl sites for hydroxylation is 1. The summed E-state index contributed by atoms with van der Waals surface area (Å²) in [6.07, 6.45) is 6.02. The molecule has 5 nitrogen and oxygen atoms in total. The van der Waals surface area contributed by atoms with Crippen molar-refractivity contribution in [3.8, 4) is 17.2 Å². The Kier molecular flexibility index (Phi) is 6.39. The fourth-order valence-corrected chi connectivity index (χ4v) is 3.42. The standard InChI is InChI=1S/C24H27NO4/c1-16-5-7-17(8-6-16)9-10-19(26)23-21(29-4)15-20(28-3)22(24(23)27)18-11-13-25(2)14-12-18/h5-11,15,27H,12-14H2,1-4H3/b10-9+. The molecule has 0 saturated heterocycles. The second kappa shape index (κ2) is 8.97. The van der Waals surface area contributed by atoms with Gasteiger partial charge >= 0.3 is 0 Å². The van der Waals surface area contributed by atoms with E-state index in [4.69, 9.17) is 9.47 Å². The molecule has 2 aromatic rings. The number of phenolic OH excluding ortho intramolecular Hbond substituents is 1. The number of hydrogen-bond acceptors (Lipinski definition) is 5. The molecule has 0 bridgehead atoms. The van der Waals surface area contributed by atoms with Gasteiger partial charge in [0, 0.05) is 19.2 Å². The summed E-state index contributed by atoms with van der Waals surface area (Å²) in [7, 11) is 5.07. The van der Waals surface area contributed by atoms with Crippen LogP contribution in [0.4, 0.5) is 0 Å². The molecule has 0 unspecified atom stereocenters. The topological polar surface area (TPSA) is 59.0 Å². The molecule has 3 rings (SSSR count). The summed E-state index contributed by atoms with van der Waals surface area (Å²) in [5.74, 6) is 0.359. The fraction of sp³-hybridized carbons (Fsp3) is 0.292. The molecule has 1 heterocycles. The van der Waals surface area contributed by atoms with Gasteiger partial charge in [0.05, 0.1) is 19.8 Å². The van der Waals surface area contributed by atoms with Crippen LogP contribution in [0, 0.1) is 6.92 Å². The first kappa shape index (κ1) is 20.7. The SMILES string of the molecule is COc1cc(OC)c(C2=CCN(C)CC2)c(O)c1C(=O)/C=C/c1ccc(C)cc1. The van der Waals surface area contributed by atoms with Crippen molar-refractivity contribution in [2.24, 2.45) is 0 Å². The summed E-state index contributed by atoms with van der Waals surface area (Å²) in [6.45, 7) is 3.66. The Morgan fingerprint density at radius 2 is 1.83 bits per heavy atom. The van der Waals surface area contributed by atoms with Crippen molar-refractivity contribution in [1.82, 2.24) is 4.90 Å². The predicted octanol–water partition coefficient (Wildman–Crippen LogP) is 4.33. The van der Waals surface area contributed by atoms with E-state index in [1.54, 1.807) is 19.3 Å². The number of aromatic hydroxyl groups is 1. The first-order valence-corrected chi connectivity index (χ1v) is 9.59. The number of nitrogens with zero attached hydrogens (tertiary/aromatic N) is 1. The molecule has 1 aliphatic heterocycles. The Balaban J connectivity index is 2.04. The predicted molar refractivity (Wildman–Crippen MR) is 116 cm³/mol. The normalized spacial score (nSPS) is 14.7. The van der Waals surface area contributed by atoms with E-state index in [1.165, 1.54) is 13.2 Å². The van der Waals surface area contributed by atoms with Gasteiger partial charge in [-0.25, -0.2) is 0 Å². The number of phenols is 1. The van der Waals surface area contributed by atoms with Crippen molar-refractivity contribution in [1.29, 1.82) is 0 Å². The highest BCUT2D eigenvalue weighted by Gasteiger charge is 2.26. The molecular formula is C24H27NO4. The lowest BCUT2D eigenvalue weighted by Gasteiger charge is -2.24. The van der Waals surface area contributed by atoms with Gasteiger partial charge in [0.15, 0.2) is 5.78 Å². The Bertz CT molecular complexity index is 958. The maximum Gasteiger partial charge on any atom is 0.193 e. The molecule has 2 aromatic carbocycles. The van der Waals surface area contributed by atoms with Crippen molar-refractivity contribution in [2.75, 3.05) is 34.4 Å². The number of rotatable bonds is 6. The summed E-state index contributed by atoms with van der Waals surface area (Å²) in [4.78, 5) is 15.2. The third kappa shape index (κ3) is 4.51. The van der Waals surface area contributed by atoms with Gasteiger partial charge in [0.2, 0.25) is 0 Å². The molecule has 152 valence electrons. The van der Waals surface area contributed by atoms with Crippen LogP contribution in [0.3, 0.4) is 0 Å². The molecule has 0 atom stereocenters. The van der Waals surface area contributed by atoms with Gasteiger partial charge in [-0.1, -0.05) is 42.0 Å². The maximum atomic E-state index is 13.0. The first-order chi connectivity index (χ1) is 13.9. The Labute approximate surface area is 171 Å². The van der Waals surface area contributed by atoms with E-state index in [1.807, 2.05) is 38.2 Å². The number of ether oxygens (including phenoxy) is 2. The van der Waals surface area contributed by atoms with Gasteiger partial charge in [-0.05, 0) is 37.6 Å². The van der Waals surface area contributed by atoms with Gasteiger partial charge in [-0.3, -0.25) is 4.79 Å². The fourth-order valence-electron chi connectivity index (χ4n) is 3.42. The van der Waals surface area contributed by atoms with Gasteiger partial charge in [-0.2, -0.15) is 0 Å². The van der Waals surface area contributed by atoms with Crippen molar-refractivity contribution >= 4 is 17.4 Å². The molecule has 0 fully saturated rings. The van der Waals surface area contributed by atoms with Crippen LogP contribution in [0.2, 0.25) is 0 Å². The number of carbonyl (C=O) groups is 1. The van der Waals surface area contributed by atoms with Crippen LogP contribution in [0.1, 0.15) is 33.5 Å². The van der Waals surface area contributed by atoms with E-state index < -0.39 is 0 Å². The summed E-state index contributed by atoms with van der Waals surface area (Å²) >= 11 is 0. The molecule has 1 aliphatic rings. The molecule has 29 heavy (non-hydrogen) atoms. The molecule has 1 N–H and O–H groups in total. The number of methoxy groups -OCH3 is 2. The molecule has 0 aromatic heterocycles. The molecule has 0 saturated carbocycles. The highest BCUT2D eigenvalue weighted by atomic mass is 16.5. The Morgan fingerprint density at radius 1 is 1.14 bits per heavy atom. The smallest absolute Gasteiger partial charge is 0.193 e. The lowest BCUT2D eigenvalue weighted by Crippen LogP contribution is -2.23. The van der Waals surface area contributed by atoms with Crippen molar-refractivity contribution in [3.05, 3.63) is 64.7 Å². The summed E-state index contributed by atoms with van der Waals surface area (Å²) in [6, 6.07) is 9.53. The second-order valence-corrected chi connectivity index (χ2v) is 7.23. The van der Waals surface area contributed by atoms with Crippen LogP contribution in [-0.2, 0) is 0 Å². The molecule has 0 aliphatic carbocycles. The minimum atomic E-state index is -0.322. The molecular weight excluding hydrogens is 366 g/mol. The number of carbonyl (C=O) groups excluding carboxylic acids is 1. The zero-order chi connectivity index (χ0) is 21.0. The summed E-state index contributed by atoms with van der Waals surface area (Å²) < 4.78 is 10.9. The highest BCUT2D eigenvalue weighted by molar-refractivity contribution is 6.11. The third-order valence-electron chi connectivity index (χ3n) is 5.15. The van der Waals surface area contributed by atoms with Crippen LogP contribution >= 0.6 is 0 Å². The van der Waals surface area contributed by atoms with Crippen molar-refractivity contribution < 1.29 is 19.4 Å². The highest BCUT2D eigenvalue weighted by Crippen LogP contribution is 2.44. The molecule has 0 spiro atoms. The van der Waals surface area contributed by atoms with E-state index >= 15 is 0 Å². The van der Waals surface area contributed by atoms with Gasteiger partial charge in [-0.15, -0.1) is 0 Å². The van der Waals surface area contributed by atoms with Crippen LogP contribution in [0.15, 0.2) is 42.5 Å². The van der Waals surface area contributed by atoms with Gasteiger partial charge < -0.3 is 19.5 Å². The number of benzene rings is 2. The number of allylic oxidation sites excluding steroid dienone is 1. The molecule has 5 heteroatoms. The lowest BCUT2D eigenvalue weighted by molar-refractivity contribution is 0.104. The minimum Gasteiger partial charge on any atom is -0.506 e. The summed E-state index contributed by atoms with van der Waals surface area (Å²) in [5, 5.41) is 11.1. The van der Waals surface area contributed by atoms with Crippen LogP contribution < -0.4 is 9.47 Å². The third-order valence-corrected chi connectivity index (χ3v) is 5.15. The van der Waals surface area contributed by atoms with Crippen LogP contribution in [0.5, 0.6) is 17.2 Å². The zero-order valence-corrected chi connectivity index (χ0v) is 17.4. The van der Waals surface area contributed by atoms with E-state index in [0.717, 1.165) is 36.2 Å². The van der Waals surface area contributed by atoms with E-state index in [0.29, 0.717) is 11.3 Å². The van der Waals surface area contributed by atoms with Crippen LogP contribution in [-0.4, -0.2) is 50.1 Å². The van der Waals surface area contributed by atoms with E-state index in [-0.39, 0.29) is 22.8 Å². The Morgan fingerprint density at radius 3 is 2.41 bits per heavy atom. The molecule has 0 amide bonds. The average Bonchev–Trinajstić information content (AvgIpc) is 2.73. The van der Waals surface area contributed by atoms with Gasteiger partial charge in [0.1, 0.15) is 22.8 Å². The number of likely N-dealkylation sites (N-methyl/N-ethyl adjacent to an activating group) is 1. The quantitative estimate of drug-likeness (QED) is 0.585. The summed E-state index contributed by atoms with van der Waals surface area (Å²) in [5.41, 5.74) is 3.74. The van der Waals surface area contributed by atoms with Gasteiger partial charge in [0.25, 0.3) is 0 Å². The van der Waals surface area contributed by atoms with E-state index in [9.17, 15) is 9.90 Å². The minimum absolute atomic E-state index is 0.101. The maximum absolute atomic E-state index is 13.0. The van der Waals surface area contributed by atoms with E-state index in [2.05, 4.69) is 11.0 Å². The number of ketones is 1. The second-order valence-electron chi connectivity index (χ2n) is 7.23. The zero-order valence-electron chi connectivity index (χ0n) is 17.4. The average molecular weight is 393 g/mol. The first-order valence-electron chi connectivity index (χ1n) is 9.59. The monoisotopic (exact) mass is 393 g/mol.